The van der Waals surface area contributed by atoms with Crippen LogP contribution < -0.4 is 0 Å². The summed E-state index contributed by atoms with van der Waals surface area (Å²) >= 11 is 1.35. The first-order valence-electron chi connectivity index (χ1n) is 8.24. The molecule has 0 saturated carbocycles. The zero-order valence-electron chi connectivity index (χ0n) is 14.3. The minimum Gasteiger partial charge on any atom is -0.452 e. The van der Waals surface area contributed by atoms with E-state index < -0.39 is 18.5 Å². The number of rotatable bonds is 5. The Morgan fingerprint density at radius 3 is 2.69 bits per heavy atom. The van der Waals surface area contributed by atoms with Gasteiger partial charge in [0, 0.05) is 24.1 Å². The summed E-state index contributed by atoms with van der Waals surface area (Å²) in [6, 6.07) is 11.1. The molecule has 0 spiro atoms. The van der Waals surface area contributed by atoms with Crippen molar-refractivity contribution in [2.24, 2.45) is 0 Å². The van der Waals surface area contributed by atoms with E-state index >= 15 is 0 Å². The molecule has 6 nitrogen and oxygen atoms in total. The van der Waals surface area contributed by atoms with E-state index in [9.17, 15) is 14.4 Å². The lowest BCUT2D eigenvalue weighted by Crippen LogP contribution is -2.35. The van der Waals surface area contributed by atoms with Gasteiger partial charge in [-0.1, -0.05) is 29.5 Å². The molecular formula is C19H18N2O4S. The molecule has 1 aromatic carbocycles. The van der Waals surface area contributed by atoms with Crippen molar-refractivity contribution < 1.29 is 19.1 Å². The van der Waals surface area contributed by atoms with Crippen LogP contribution in [0.5, 0.6) is 0 Å². The fourth-order valence-corrected chi connectivity index (χ4v) is 3.41. The Morgan fingerprint density at radius 2 is 2.00 bits per heavy atom. The molecule has 7 heteroatoms. The quantitative estimate of drug-likeness (QED) is 0.753. The lowest BCUT2D eigenvalue weighted by atomic mass is 10.2. The third-order valence-electron chi connectivity index (χ3n) is 3.93. The topological polar surface area (TPSA) is 76.6 Å². The number of nitrogens with zero attached hydrogens (tertiary/aromatic N) is 2. The standard InChI is InChI=1S/C19H18N2O4S/c1-13-6-8-14(9-7-13)26-18-15(4-2-10-20-18)19(24)25-12-17(23)21-11-3-5-16(21)22/h2,4,6-10H,3,5,11-12H2,1H3. The van der Waals surface area contributed by atoms with Gasteiger partial charge in [0.25, 0.3) is 5.91 Å². The number of amides is 2. The molecule has 134 valence electrons. The van der Waals surface area contributed by atoms with E-state index in [0.29, 0.717) is 30.0 Å². The monoisotopic (exact) mass is 370 g/mol. The van der Waals surface area contributed by atoms with E-state index in [1.54, 1.807) is 18.3 Å². The Bertz CT molecular complexity index is 836. The van der Waals surface area contributed by atoms with Crippen molar-refractivity contribution in [3.8, 4) is 0 Å². The Hall–Kier alpha value is -2.67. The molecule has 0 radical (unpaired) electrons. The zero-order chi connectivity index (χ0) is 18.5. The van der Waals surface area contributed by atoms with Crippen LogP contribution in [0.3, 0.4) is 0 Å². The number of benzene rings is 1. The summed E-state index contributed by atoms with van der Waals surface area (Å²) in [4.78, 5) is 42.3. The van der Waals surface area contributed by atoms with Gasteiger partial charge in [0.05, 0.1) is 5.56 Å². The zero-order valence-corrected chi connectivity index (χ0v) is 15.1. The highest BCUT2D eigenvalue weighted by atomic mass is 32.2. The van der Waals surface area contributed by atoms with Gasteiger partial charge in [0.2, 0.25) is 5.91 Å². The van der Waals surface area contributed by atoms with Crippen LogP contribution in [-0.2, 0) is 14.3 Å². The predicted octanol–water partition coefficient (Wildman–Crippen LogP) is 2.85. The lowest BCUT2D eigenvalue weighted by molar-refractivity contribution is -0.143. The number of aromatic nitrogens is 1. The van der Waals surface area contributed by atoms with Crippen molar-refractivity contribution in [3.05, 3.63) is 53.7 Å². The SMILES string of the molecule is Cc1ccc(Sc2ncccc2C(=O)OCC(=O)N2CCCC2=O)cc1. The lowest BCUT2D eigenvalue weighted by Gasteiger charge is -2.14. The van der Waals surface area contributed by atoms with Gasteiger partial charge in [-0.05, 0) is 37.6 Å². The first kappa shape index (κ1) is 18.1. The summed E-state index contributed by atoms with van der Waals surface area (Å²) < 4.78 is 5.11. The van der Waals surface area contributed by atoms with Crippen LogP contribution in [0, 0.1) is 6.92 Å². The molecule has 1 aromatic heterocycles. The Labute approximate surface area is 155 Å². The molecule has 26 heavy (non-hydrogen) atoms. The molecule has 0 atom stereocenters. The molecule has 0 bridgehead atoms. The third kappa shape index (κ3) is 4.29. The first-order chi connectivity index (χ1) is 12.5. The van der Waals surface area contributed by atoms with Gasteiger partial charge in [-0.15, -0.1) is 0 Å². The number of carbonyl (C=O) groups excluding carboxylic acids is 3. The average Bonchev–Trinajstić information content (AvgIpc) is 3.08. The van der Waals surface area contributed by atoms with Crippen LogP contribution in [-0.4, -0.2) is 40.8 Å². The minimum atomic E-state index is -0.632. The van der Waals surface area contributed by atoms with E-state index in [2.05, 4.69) is 4.98 Å². The van der Waals surface area contributed by atoms with E-state index in [4.69, 9.17) is 4.74 Å². The van der Waals surface area contributed by atoms with Gasteiger partial charge >= 0.3 is 5.97 Å². The third-order valence-corrected chi connectivity index (χ3v) is 4.95. The van der Waals surface area contributed by atoms with E-state index in [-0.39, 0.29) is 5.91 Å². The van der Waals surface area contributed by atoms with Crippen molar-refractivity contribution in [1.82, 2.24) is 9.88 Å². The first-order valence-corrected chi connectivity index (χ1v) is 9.06. The van der Waals surface area contributed by atoms with E-state index in [1.807, 2.05) is 31.2 Å². The molecule has 2 heterocycles. The normalized spacial score (nSPS) is 13.7. The molecular weight excluding hydrogens is 352 g/mol. The fraction of sp³-hybridized carbons (Fsp3) is 0.263. The second kappa shape index (κ2) is 8.14. The van der Waals surface area contributed by atoms with E-state index in [1.165, 1.54) is 11.8 Å². The summed E-state index contributed by atoms with van der Waals surface area (Å²) in [5.41, 5.74) is 1.43. The molecule has 0 unspecified atom stereocenters. The highest BCUT2D eigenvalue weighted by molar-refractivity contribution is 7.99. The number of imide groups is 1. The molecule has 2 amide bonds. The number of likely N-dealkylation sites (tertiary alicyclic amines) is 1. The van der Waals surface area contributed by atoms with Crippen LogP contribution in [0.4, 0.5) is 0 Å². The average molecular weight is 370 g/mol. The Balaban J connectivity index is 1.66. The maximum Gasteiger partial charge on any atom is 0.341 e. The number of carbonyl (C=O) groups is 3. The maximum atomic E-state index is 12.4. The van der Waals surface area contributed by atoms with Crippen molar-refractivity contribution in [1.29, 1.82) is 0 Å². The van der Waals surface area contributed by atoms with Crippen LogP contribution >= 0.6 is 11.8 Å². The number of hydrogen-bond acceptors (Lipinski definition) is 6. The molecule has 2 aromatic rings. The molecule has 1 aliphatic rings. The molecule has 3 rings (SSSR count). The number of esters is 1. The van der Waals surface area contributed by atoms with Gasteiger partial charge in [-0.3, -0.25) is 14.5 Å². The van der Waals surface area contributed by atoms with Crippen LogP contribution in [0.1, 0.15) is 28.8 Å². The van der Waals surface area contributed by atoms with Gasteiger partial charge in [0.1, 0.15) is 5.03 Å². The fourth-order valence-electron chi connectivity index (χ4n) is 2.54. The highest BCUT2D eigenvalue weighted by Gasteiger charge is 2.27. The summed E-state index contributed by atoms with van der Waals surface area (Å²) in [6.45, 7) is 1.94. The van der Waals surface area contributed by atoms with Gasteiger partial charge in [-0.25, -0.2) is 9.78 Å². The van der Waals surface area contributed by atoms with Crippen LogP contribution in [0.15, 0.2) is 52.5 Å². The van der Waals surface area contributed by atoms with Crippen LogP contribution in [0.25, 0.3) is 0 Å². The molecule has 1 saturated heterocycles. The van der Waals surface area contributed by atoms with Crippen molar-refractivity contribution in [2.45, 2.75) is 29.7 Å². The molecule has 0 aliphatic carbocycles. The maximum absolute atomic E-state index is 12.4. The summed E-state index contributed by atoms with van der Waals surface area (Å²) in [6.07, 6.45) is 2.61. The van der Waals surface area contributed by atoms with Gasteiger partial charge in [-0.2, -0.15) is 0 Å². The number of pyridine rings is 1. The van der Waals surface area contributed by atoms with Crippen molar-refractivity contribution in [2.75, 3.05) is 13.2 Å². The number of aryl methyl sites for hydroxylation is 1. The van der Waals surface area contributed by atoms with Gasteiger partial charge in [0.15, 0.2) is 6.61 Å². The Morgan fingerprint density at radius 1 is 1.23 bits per heavy atom. The molecule has 1 aliphatic heterocycles. The summed E-state index contributed by atoms with van der Waals surface area (Å²) in [7, 11) is 0. The van der Waals surface area contributed by atoms with E-state index in [0.717, 1.165) is 15.4 Å². The van der Waals surface area contributed by atoms with Crippen molar-refractivity contribution in [3.63, 3.8) is 0 Å². The Kier molecular flexibility index (Phi) is 5.68. The minimum absolute atomic E-state index is 0.219. The number of hydrogen-bond donors (Lipinski definition) is 0. The molecule has 0 N–H and O–H groups in total. The smallest absolute Gasteiger partial charge is 0.341 e. The summed E-state index contributed by atoms with van der Waals surface area (Å²) in [5.74, 6) is -1.34. The second-order valence-electron chi connectivity index (χ2n) is 5.89. The molecule has 1 fully saturated rings. The predicted molar refractivity (Wildman–Crippen MR) is 95.8 cm³/mol. The second-order valence-corrected chi connectivity index (χ2v) is 6.95. The number of ether oxygens (including phenoxy) is 1. The largest absolute Gasteiger partial charge is 0.452 e. The highest BCUT2D eigenvalue weighted by Crippen LogP contribution is 2.29. The summed E-state index contributed by atoms with van der Waals surface area (Å²) in [5, 5.41) is 0.506. The van der Waals surface area contributed by atoms with Crippen molar-refractivity contribution >= 4 is 29.5 Å². The van der Waals surface area contributed by atoms with Crippen LogP contribution in [0.2, 0.25) is 0 Å². The van der Waals surface area contributed by atoms with Gasteiger partial charge < -0.3 is 4.74 Å².